The van der Waals surface area contributed by atoms with Gasteiger partial charge in [0.05, 0.1) is 30.8 Å². The number of aromatic nitrogens is 3. The van der Waals surface area contributed by atoms with Crippen molar-refractivity contribution in [2.45, 2.75) is 13.8 Å². The summed E-state index contributed by atoms with van der Waals surface area (Å²) in [6.45, 7) is 6.99. The minimum Gasteiger partial charge on any atom is -0.378 e. The Kier molecular flexibility index (Phi) is 5.08. The first kappa shape index (κ1) is 18.2. The van der Waals surface area contributed by atoms with Crippen molar-refractivity contribution in [3.05, 3.63) is 65.7 Å². The molecule has 4 rings (SSSR count). The highest BCUT2D eigenvalue weighted by molar-refractivity contribution is 6.04. The van der Waals surface area contributed by atoms with Crippen LogP contribution in [-0.4, -0.2) is 47.0 Å². The number of benzene rings is 1. The molecule has 0 bridgehead atoms. The van der Waals surface area contributed by atoms with Gasteiger partial charge in [-0.3, -0.25) is 9.78 Å². The molecule has 2 aromatic heterocycles. The third-order valence-corrected chi connectivity index (χ3v) is 4.71. The number of ether oxygens (including phenoxy) is 1. The van der Waals surface area contributed by atoms with Gasteiger partial charge in [-0.25, -0.2) is 4.68 Å². The molecule has 28 heavy (non-hydrogen) atoms. The van der Waals surface area contributed by atoms with E-state index in [1.807, 2.05) is 50.4 Å². The zero-order chi connectivity index (χ0) is 19.5. The third kappa shape index (κ3) is 3.89. The summed E-state index contributed by atoms with van der Waals surface area (Å²) in [5.41, 5.74) is 4.99. The van der Waals surface area contributed by atoms with Crippen molar-refractivity contribution in [3.8, 4) is 5.69 Å². The minimum absolute atomic E-state index is 0.245. The van der Waals surface area contributed by atoms with Gasteiger partial charge in [0, 0.05) is 31.2 Å². The van der Waals surface area contributed by atoms with Gasteiger partial charge in [0.2, 0.25) is 0 Å². The van der Waals surface area contributed by atoms with E-state index < -0.39 is 0 Å². The summed E-state index contributed by atoms with van der Waals surface area (Å²) in [5.74, 6) is -0.245. The monoisotopic (exact) mass is 377 g/mol. The summed E-state index contributed by atoms with van der Waals surface area (Å²) < 4.78 is 7.17. The zero-order valence-corrected chi connectivity index (χ0v) is 16.1. The number of aryl methyl sites for hydroxylation is 2. The van der Waals surface area contributed by atoms with Crippen molar-refractivity contribution < 1.29 is 9.53 Å². The molecule has 0 saturated carbocycles. The molecule has 0 unspecified atom stereocenters. The fraction of sp³-hybridized carbons (Fsp3) is 0.286. The topological polar surface area (TPSA) is 72.3 Å². The van der Waals surface area contributed by atoms with Crippen LogP contribution in [-0.2, 0) is 4.74 Å². The van der Waals surface area contributed by atoms with Gasteiger partial charge in [-0.1, -0.05) is 6.07 Å². The Morgan fingerprint density at radius 3 is 2.68 bits per heavy atom. The van der Waals surface area contributed by atoms with E-state index in [-0.39, 0.29) is 5.91 Å². The van der Waals surface area contributed by atoms with Crippen LogP contribution in [0.25, 0.3) is 5.69 Å². The molecular weight excluding hydrogens is 354 g/mol. The Morgan fingerprint density at radius 2 is 1.93 bits per heavy atom. The van der Waals surface area contributed by atoms with Crippen LogP contribution in [0.4, 0.5) is 11.4 Å². The van der Waals surface area contributed by atoms with Crippen LogP contribution in [0.15, 0.2) is 48.9 Å². The van der Waals surface area contributed by atoms with E-state index in [1.165, 1.54) is 0 Å². The number of carbonyl (C=O) groups excluding carboxylic acids is 1. The summed E-state index contributed by atoms with van der Waals surface area (Å²) >= 11 is 0. The van der Waals surface area contributed by atoms with Crippen molar-refractivity contribution in [2.75, 3.05) is 36.5 Å². The second-order valence-electron chi connectivity index (χ2n) is 6.94. The highest BCUT2D eigenvalue weighted by Crippen LogP contribution is 2.23. The number of pyridine rings is 1. The molecule has 0 atom stereocenters. The lowest BCUT2D eigenvalue weighted by atomic mass is 10.2. The molecule has 0 spiro atoms. The molecule has 1 aliphatic heterocycles. The lowest BCUT2D eigenvalue weighted by Crippen LogP contribution is -2.36. The van der Waals surface area contributed by atoms with Crippen LogP contribution in [0, 0.1) is 13.8 Å². The first-order valence-corrected chi connectivity index (χ1v) is 9.32. The highest BCUT2D eigenvalue weighted by Gasteiger charge is 2.16. The van der Waals surface area contributed by atoms with E-state index in [2.05, 4.69) is 20.3 Å². The third-order valence-electron chi connectivity index (χ3n) is 4.71. The second kappa shape index (κ2) is 7.82. The van der Waals surface area contributed by atoms with Crippen LogP contribution in [0.5, 0.6) is 0 Å². The Morgan fingerprint density at radius 1 is 1.11 bits per heavy atom. The summed E-state index contributed by atoms with van der Waals surface area (Å²) in [4.78, 5) is 19.4. The number of hydrogen-bond acceptors (Lipinski definition) is 5. The Hall–Kier alpha value is -3.19. The molecule has 1 fully saturated rings. The molecule has 7 nitrogen and oxygen atoms in total. The first-order chi connectivity index (χ1) is 13.6. The molecule has 144 valence electrons. The van der Waals surface area contributed by atoms with Crippen LogP contribution in [0.2, 0.25) is 0 Å². The molecule has 7 heteroatoms. The number of hydrogen-bond donors (Lipinski definition) is 1. The van der Waals surface area contributed by atoms with Crippen molar-refractivity contribution >= 4 is 17.3 Å². The molecule has 1 N–H and O–H groups in total. The van der Waals surface area contributed by atoms with E-state index in [0.717, 1.165) is 35.6 Å². The summed E-state index contributed by atoms with van der Waals surface area (Å²) in [7, 11) is 0. The number of morpholine rings is 1. The molecule has 1 amide bonds. The quantitative estimate of drug-likeness (QED) is 0.757. The number of nitrogens with one attached hydrogen (secondary N) is 1. The molecule has 1 aromatic carbocycles. The molecule has 0 aliphatic carbocycles. The fourth-order valence-corrected chi connectivity index (χ4v) is 3.24. The first-order valence-electron chi connectivity index (χ1n) is 9.32. The molecule has 1 aliphatic rings. The molecule has 0 radical (unpaired) electrons. The number of rotatable bonds is 4. The maximum Gasteiger partial charge on any atom is 0.274 e. The Bertz CT molecular complexity index is 992. The Balaban J connectivity index is 1.59. The van der Waals surface area contributed by atoms with Crippen molar-refractivity contribution in [2.24, 2.45) is 0 Å². The molecule has 1 saturated heterocycles. The van der Waals surface area contributed by atoms with Crippen molar-refractivity contribution in [1.29, 1.82) is 0 Å². The number of nitrogens with zero attached hydrogens (tertiary/aromatic N) is 4. The zero-order valence-electron chi connectivity index (χ0n) is 16.1. The molecule has 3 aromatic rings. The number of amides is 1. The second-order valence-corrected chi connectivity index (χ2v) is 6.94. The van der Waals surface area contributed by atoms with E-state index in [4.69, 9.17) is 4.74 Å². The van der Waals surface area contributed by atoms with Crippen molar-refractivity contribution in [1.82, 2.24) is 14.8 Å². The van der Waals surface area contributed by atoms with Crippen LogP contribution >= 0.6 is 0 Å². The van der Waals surface area contributed by atoms with E-state index >= 15 is 0 Å². The van der Waals surface area contributed by atoms with Gasteiger partial charge in [-0.05, 0) is 49.2 Å². The standard InChI is InChI=1S/C21H23N5O2/c1-15-3-4-20(26-14-16(2)13-23-26)18(11-15)24-21(27)19-12-17(5-6-22-19)25-7-9-28-10-8-25/h3-6,11-14H,7-10H2,1-2H3,(H,24,27). The maximum atomic E-state index is 12.9. The van der Waals surface area contributed by atoms with Crippen LogP contribution in [0.3, 0.4) is 0 Å². The predicted octanol–water partition coefficient (Wildman–Crippen LogP) is 2.97. The lowest BCUT2D eigenvalue weighted by molar-refractivity contribution is 0.102. The molecular formula is C21H23N5O2. The van der Waals surface area contributed by atoms with Gasteiger partial charge in [0.15, 0.2) is 0 Å². The van der Waals surface area contributed by atoms with E-state index in [1.54, 1.807) is 17.1 Å². The normalized spacial score (nSPS) is 14.1. The van der Waals surface area contributed by atoms with Gasteiger partial charge in [-0.15, -0.1) is 0 Å². The summed E-state index contributed by atoms with van der Waals surface area (Å²) in [6, 6.07) is 9.64. The smallest absolute Gasteiger partial charge is 0.274 e. The average Bonchev–Trinajstić information content (AvgIpc) is 3.15. The van der Waals surface area contributed by atoms with Gasteiger partial charge >= 0.3 is 0 Å². The van der Waals surface area contributed by atoms with E-state index in [9.17, 15) is 4.79 Å². The van der Waals surface area contributed by atoms with Crippen LogP contribution < -0.4 is 10.2 Å². The average molecular weight is 377 g/mol. The van der Waals surface area contributed by atoms with Crippen molar-refractivity contribution in [3.63, 3.8) is 0 Å². The minimum atomic E-state index is -0.245. The maximum absolute atomic E-state index is 12.9. The lowest BCUT2D eigenvalue weighted by Gasteiger charge is -2.28. The number of anilines is 2. The number of carbonyl (C=O) groups is 1. The fourth-order valence-electron chi connectivity index (χ4n) is 3.24. The summed E-state index contributed by atoms with van der Waals surface area (Å²) in [6.07, 6.45) is 5.39. The Labute approximate surface area is 164 Å². The SMILES string of the molecule is Cc1ccc(-n2cc(C)cn2)c(NC(=O)c2cc(N3CCOCC3)ccn2)c1. The largest absolute Gasteiger partial charge is 0.378 e. The van der Waals surface area contributed by atoms with Gasteiger partial charge in [0.25, 0.3) is 5.91 Å². The van der Waals surface area contributed by atoms with Gasteiger partial charge < -0.3 is 15.0 Å². The van der Waals surface area contributed by atoms with Gasteiger partial charge in [-0.2, -0.15) is 5.10 Å². The summed E-state index contributed by atoms with van der Waals surface area (Å²) in [5, 5.41) is 7.36. The van der Waals surface area contributed by atoms with E-state index in [0.29, 0.717) is 24.6 Å². The predicted molar refractivity (Wildman–Crippen MR) is 108 cm³/mol. The van der Waals surface area contributed by atoms with Gasteiger partial charge in [0.1, 0.15) is 5.69 Å². The van der Waals surface area contributed by atoms with Crippen LogP contribution in [0.1, 0.15) is 21.6 Å². The highest BCUT2D eigenvalue weighted by atomic mass is 16.5. The molecule has 3 heterocycles.